The molecule has 0 aliphatic carbocycles. The molecule has 3 heterocycles. The van der Waals surface area contributed by atoms with Crippen LogP contribution in [0.2, 0.25) is 5.02 Å². The van der Waals surface area contributed by atoms with Gasteiger partial charge in [-0.25, -0.2) is 9.97 Å². The van der Waals surface area contributed by atoms with E-state index in [9.17, 15) is 0 Å². The van der Waals surface area contributed by atoms with Crippen LogP contribution in [0.15, 0.2) is 42.6 Å². The molecule has 0 bridgehead atoms. The molecular formula is C18H18ClN5. The standard InChI is InChI=1S/C18H18ClN5/c19-14-5-3-12(4-6-14)18-22-15-7-9-24(11-16(15)23-18)10-13-2-1-8-21-17(13)20/h1-6,8H,7,9-11H2,(H2,20,21)(H,22,23). The summed E-state index contributed by atoms with van der Waals surface area (Å²) in [5.41, 5.74) is 10.4. The lowest BCUT2D eigenvalue weighted by molar-refractivity contribution is 0.241. The number of hydrogen-bond acceptors (Lipinski definition) is 4. The van der Waals surface area contributed by atoms with Crippen LogP contribution in [-0.2, 0) is 19.5 Å². The summed E-state index contributed by atoms with van der Waals surface area (Å²) in [5.74, 6) is 1.51. The van der Waals surface area contributed by atoms with Crippen LogP contribution in [0.5, 0.6) is 0 Å². The maximum absolute atomic E-state index is 5.96. The van der Waals surface area contributed by atoms with Crippen molar-refractivity contribution in [2.24, 2.45) is 0 Å². The van der Waals surface area contributed by atoms with Crippen LogP contribution in [-0.4, -0.2) is 26.4 Å². The molecule has 4 rings (SSSR count). The number of nitrogens with zero attached hydrogens (tertiary/aromatic N) is 3. The molecule has 122 valence electrons. The summed E-state index contributed by atoms with van der Waals surface area (Å²) in [5, 5.41) is 0.732. The van der Waals surface area contributed by atoms with E-state index >= 15 is 0 Å². The first-order chi connectivity index (χ1) is 11.7. The number of H-pyrrole nitrogens is 1. The van der Waals surface area contributed by atoms with E-state index in [1.165, 1.54) is 5.69 Å². The minimum absolute atomic E-state index is 0.606. The maximum Gasteiger partial charge on any atom is 0.137 e. The van der Waals surface area contributed by atoms with Crippen LogP contribution in [0.4, 0.5) is 5.82 Å². The largest absolute Gasteiger partial charge is 0.383 e. The van der Waals surface area contributed by atoms with Gasteiger partial charge in [0.1, 0.15) is 11.6 Å². The first kappa shape index (κ1) is 15.2. The highest BCUT2D eigenvalue weighted by atomic mass is 35.5. The fourth-order valence-electron chi connectivity index (χ4n) is 3.05. The van der Waals surface area contributed by atoms with Gasteiger partial charge in [0.05, 0.1) is 11.4 Å². The number of rotatable bonds is 3. The zero-order chi connectivity index (χ0) is 16.5. The summed E-state index contributed by atoms with van der Waals surface area (Å²) in [6, 6.07) is 11.7. The second-order valence-corrected chi connectivity index (χ2v) is 6.46. The summed E-state index contributed by atoms with van der Waals surface area (Å²) >= 11 is 5.96. The highest BCUT2D eigenvalue weighted by molar-refractivity contribution is 6.30. The van der Waals surface area contributed by atoms with Gasteiger partial charge in [-0.3, -0.25) is 4.90 Å². The average Bonchev–Trinajstić information content (AvgIpc) is 3.01. The number of hydrogen-bond donors (Lipinski definition) is 2. The molecule has 1 aromatic carbocycles. The molecule has 6 heteroatoms. The molecule has 0 unspecified atom stereocenters. The number of anilines is 1. The van der Waals surface area contributed by atoms with Crippen LogP contribution in [0.3, 0.4) is 0 Å². The first-order valence-corrected chi connectivity index (χ1v) is 8.32. The minimum atomic E-state index is 0.606. The van der Waals surface area contributed by atoms with Crippen molar-refractivity contribution >= 4 is 17.4 Å². The quantitative estimate of drug-likeness (QED) is 0.768. The Morgan fingerprint density at radius 3 is 2.83 bits per heavy atom. The molecule has 1 aliphatic heterocycles. The molecule has 1 aliphatic rings. The van der Waals surface area contributed by atoms with E-state index in [2.05, 4.69) is 14.9 Å². The number of pyridine rings is 1. The number of aromatic amines is 1. The van der Waals surface area contributed by atoms with E-state index in [-0.39, 0.29) is 0 Å². The number of nitrogen functional groups attached to an aromatic ring is 1. The van der Waals surface area contributed by atoms with Gasteiger partial charge in [0, 0.05) is 48.4 Å². The van der Waals surface area contributed by atoms with Gasteiger partial charge >= 0.3 is 0 Å². The zero-order valence-corrected chi connectivity index (χ0v) is 13.9. The van der Waals surface area contributed by atoms with Crippen LogP contribution in [0.1, 0.15) is 17.0 Å². The molecule has 0 atom stereocenters. The van der Waals surface area contributed by atoms with Gasteiger partial charge < -0.3 is 10.7 Å². The van der Waals surface area contributed by atoms with Gasteiger partial charge in [-0.2, -0.15) is 0 Å². The highest BCUT2D eigenvalue weighted by Gasteiger charge is 2.21. The van der Waals surface area contributed by atoms with Crippen molar-refractivity contribution < 1.29 is 0 Å². The number of nitrogens with two attached hydrogens (primary N) is 1. The first-order valence-electron chi connectivity index (χ1n) is 7.94. The second kappa shape index (κ2) is 6.26. The van der Waals surface area contributed by atoms with Crippen LogP contribution >= 0.6 is 11.6 Å². The Morgan fingerprint density at radius 1 is 1.21 bits per heavy atom. The third-order valence-corrected chi connectivity index (χ3v) is 4.60. The van der Waals surface area contributed by atoms with Gasteiger partial charge in [-0.1, -0.05) is 17.7 Å². The van der Waals surface area contributed by atoms with E-state index in [0.717, 1.165) is 53.7 Å². The summed E-state index contributed by atoms with van der Waals surface area (Å²) in [7, 11) is 0. The molecule has 0 radical (unpaired) electrons. The average molecular weight is 340 g/mol. The number of fused-ring (bicyclic) bond motifs is 1. The topological polar surface area (TPSA) is 70.8 Å². The van der Waals surface area contributed by atoms with Gasteiger partial charge in [-0.05, 0) is 30.3 Å². The molecular weight excluding hydrogens is 322 g/mol. The van der Waals surface area contributed by atoms with Crippen molar-refractivity contribution in [3.05, 3.63) is 64.6 Å². The fourth-order valence-corrected chi connectivity index (χ4v) is 3.18. The Labute approximate surface area is 145 Å². The number of halogens is 1. The van der Waals surface area contributed by atoms with Gasteiger partial charge in [0.25, 0.3) is 0 Å². The van der Waals surface area contributed by atoms with E-state index in [0.29, 0.717) is 5.82 Å². The molecule has 24 heavy (non-hydrogen) atoms. The van der Waals surface area contributed by atoms with E-state index in [4.69, 9.17) is 22.3 Å². The highest BCUT2D eigenvalue weighted by Crippen LogP contribution is 2.25. The molecule has 3 aromatic rings. The predicted molar refractivity (Wildman–Crippen MR) is 95.5 cm³/mol. The van der Waals surface area contributed by atoms with Gasteiger partial charge in [0.2, 0.25) is 0 Å². The van der Waals surface area contributed by atoms with Crippen molar-refractivity contribution in [3.8, 4) is 11.4 Å². The van der Waals surface area contributed by atoms with Crippen molar-refractivity contribution in [2.75, 3.05) is 12.3 Å². The van der Waals surface area contributed by atoms with Gasteiger partial charge in [0.15, 0.2) is 0 Å². The Kier molecular flexibility index (Phi) is 3.96. The number of benzene rings is 1. The lowest BCUT2D eigenvalue weighted by Gasteiger charge is -2.26. The molecule has 5 nitrogen and oxygen atoms in total. The summed E-state index contributed by atoms with van der Waals surface area (Å²) in [4.78, 5) is 14.7. The fraction of sp³-hybridized carbons (Fsp3) is 0.222. The van der Waals surface area contributed by atoms with Crippen molar-refractivity contribution in [3.63, 3.8) is 0 Å². The summed E-state index contributed by atoms with van der Waals surface area (Å²) < 4.78 is 0. The number of imidazole rings is 1. The molecule has 2 aromatic heterocycles. The SMILES string of the molecule is Nc1ncccc1CN1CCc2nc(-c3ccc(Cl)cc3)[nH]c2C1. The maximum atomic E-state index is 5.96. The van der Waals surface area contributed by atoms with Crippen molar-refractivity contribution in [2.45, 2.75) is 19.5 Å². The van der Waals surface area contributed by atoms with Crippen molar-refractivity contribution in [1.29, 1.82) is 0 Å². The molecule has 0 saturated carbocycles. The van der Waals surface area contributed by atoms with E-state index in [1.54, 1.807) is 6.20 Å². The lowest BCUT2D eigenvalue weighted by Crippen LogP contribution is -2.30. The number of aromatic nitrogens is 3. The summed E-state index contributed by atoms with van der Waals surface area (Å²) in [6.07, 6.45) is 2.65. The molecule has 0 amide bonds. The molecule has 3 N–H and O–H groups in total. The monoisotopic (exact) mass is 339 g/mol. The third-order valence-electron chi connectivity index (χ3n) is 4.35. The smallest absolute Gasteiger partial charge is 0.137 e. The van der Waals surface area contributed by atoms with Crippen molar-refractivity contribution in [1.82, 2.24) is 19.9 Å². The molecule has 0 spiro atoms. The Bertz CT molecular complexity index is 856. The lowest BCUT2D eigenvalue weighted by atomic mass is 10.1. The molecule has 0 saturated heterocycles. The zero-order valence-electron chi connectivity index (χ0n) is 13.2. The number of nitrogens with one attached hydrogen (secondary N) is 1. The minimum Gasteiger partial charge on any atom is -0.383 e. The van der Waals surface area contributed by atoms with Crippen LogP contribution in [0.25, 0.3) is 11.4 Å². The van der Waals surface area contributed by atoms with E-state index in [1.807, 2.05) is 36.4 Å². The second-order valence-electron chi connectivity index (χ2n) is 6.03. The Balaban J connectivity index is 1.53. The normalized spacial score (nSPS) is 14.5. The van der Waals surface area contributed by atoms with Crippen LogP contribution in [0, 0.1) is 0 Å². The Morgan fingerprint density at radius 2 is 2.04 bits per heavy atom. The van der Waals surface area contributed by atoms with Crippen LogP contribution < -0.4 is 5.73 Å². The Hall–Kier alpha value is -2.37. The predicted octanol–water partition coefficient (Wildman–Crippen LogP) is 3.27. The van der Waals surface area contributed by atoms with Gasteiger partial charge in [-0.15, -0.1) is 0 Å². The van der Waals surface area contributed by atoms with E-state index < -0.39 is 0 Å². The molecule has 0 fully saturated rings. The third kappa shape index (κ3) is 3.00. The summed E-state index contributed by atoms with van der Waals surface area (Å²) in [6.45, 7) is 2.60.